The van der Waals surface area contributed by atoms with Gasteiger partial charge in [-0.15, -0.1) is 0 Å². The number of carbonyl (C=O) groups is 3. The van der Waals surface area contributed by atoms with Gasteiger partial charge in [-0.05, 0) is 25.7 Å². The minimum atomic E-state index is -0.932. The van der Waals surface area contributed by atoms with Gasteiger partial charge in [0, 0.05) is 39.8 Å². The van der Waals surface area contributed by atoms with Gasteiger partial charge in [-0.3, -0.25) is 14.4 Å². The molecule has 1 unspecified atom stereocenters. The van der Waals surface area contributed by atoms with Crippen LogP contribution in [0.2, 0.25) is 0 Å². The van der Waals surface area contributed by atoms with Crippen LogP contribution in [0.3, 0.4) is 0 Å². The fourth-order valence-electron chi connectivity index (χ4n) is 3.26. The number of likely N-dealkylation sites (tertiary alicyclic amines) is 2. The summed E-state index contributed by atoms with van der Waals surface area (Å²) < 4.78 is 5.02. The Morgan fingerprint density at radius 1 is 1.32 bits per heavy atom. The molecule has 0 radical (unpaired) electrons. The molecule has 2 amide bonds. The van der Waals surface area contributed by atoms with Gasteiger partial charge in [-0.25, -0.2) is 0 Å². The minimum Gasteiger partial charge on any atom is -0.481 e. The standard InChI is InChI=1S/C15H24N2O5/c1-22-9-6-15(14(20)21)5-3-8-17(11-15)13(19)10-16-7-2-4-12(16)18/h2-11H2,1H3,(H,20,21). The van der Waals surface area contributed by atoms with E-state index in [1.54, 1.807) is 16.9 Å². The number of ether oxygens (including phenoxy) is 1. The van der Waals surface area contributed by atoms with E-state index in [1.807, 2.05) is 0 Å². The summed E-state index contributed by atoms with van der Waals surface area (Å²) in [5.41, 5.74) is -0.932. The first kappa shape index (κ1) is 16.7. The molecule has 0 bridgehead atoms. The summed E-state index contributed by atoms with van der Waals surface area (Å²) in [4.78, 5) is 38.9. The van der Waals surface area contributed by atoms with Crippen LogP contribution in [0.1, 0.15) is 32.1 Å². The van der Waals surface area contributed by atoms with Crippen LogP contribution >= 0.6 is 0 Å². The predicted octanol–water partition coefficient (Wildman–Crippen LogP) is 0.339. The van der Waals surface area contributed by atoms with Crippen LogP contribution in [0.4, 0.5) is 0 Å². The van der Waals surface area contributed by atoms with Gasteiger partial charge in [0.05, 0.1) is 12.0 Å². The number of hydrogen-bond acceptors (Lipinski definition) is 4. The molecule has 0 spiro atoms. The Bertz CT molecular complexity index is 453. The second-order valence-electron chi connectivity index (χ2n) is 6.17. The second kappa shape index (κ2) is 7.09. The zero-order valence-corrected chi connectivity index (χ0v) is 13.0. The van der Waals surface area contributed by atoms with E-state index in [1.165, 1.54) is 0 Å². The van der Waals surface area contributed by atoms with Crippen molar-refractivity contribution < 1.29 is 24.2 Å². The van der Waals surface area contributed by atoms with Gasteiger partial charge in [-0.1, -0.05) is 0 Å². The van der Waals surface area contributed by atoms with Gasteiger partial charge in [0.15, 0.2) is 0 Å². The van der Waals surface area contributed by atoms with Crippen molar-refractivity contribution in [3.63, 3.8) is 0 Å². The first-order valence-electron chi connectivity index (χ1n) is 7.76. The Labute approximate surface area is 130 Å². The summed E-state index contributed by atoms with van der Waals surface area (Å²) in [6.07, 6.45) is 2.90. The number of carboxylic acid groups (broad SMARTS) is 1. The first-order valence-corrected chi connectivity index (χ1v) is 7.76. The maximum absolute atomic E-state index is 12.4. The van der Waals surface area contributed by atoms with E-state index in [0.29, 0.717) is 45.4 Å². The molecule has 2 aliphatic heterocycles. The Kier molecular flexibility index (Phi) is 5.39. The van der Waals surface area contributed by atoms with E-state index < -0.39 is 11.4 Å². The van der Waals surface area contributed by atoms with Crippen LogP contribution in [-0.2, 0) is 19.1 Å². The molecule has 2 rings (SSSR count). The average Bonchev–Trinajstić information content (AvgIpc) is 2.90. The smallest absolute Gasteiger partial charge is 0.311 e. The number of nitrogens with zero attached hydrogens (tertiary/aromatic N) is 2. The molecule has 0 aromatic rings. The second-order valence-corrected chi connectivity index (χ2v) is 6.17. The third-order valence-electron chi connectivity index (χ3n) is 4.67. The van der Waals surface area contributed by atoms with Crippen LogP contribution in [0.5, 0.6) is 0 Å². The maximum atomic E-state index is 12.4. The molecule has 7 nitrogen and oxygen atoms in total. The van der Waals surface area contributed by atoms with Crippen molar-refractivity contribution in [2.75, 3.05) is 39.9 Å². The number of amides is 2. The van der Waals surface area contributed by atoms with E-state index in [-0.39, 0.29) is 24.9 Å². The highest BCUT2D eigenvalue weighted by molar-refractivity contribution is 5.86. The summed E-state index contributed by atoms with van der Waals surface area (Å²) in [7, 11) is 1.54. The molecule has 22 heavy (non-hydrogen) atoms. The van der Waals surface area contributed by atoms with E-state index in [0.717, 1.165) is 6.42 Å². The number of piperidine rings is 1. The van der Waals surface area contributed by atoms with Gasteiger partial charge < -0.3 is 19.6 Å². The molecule has 2 saturated heterocycles. The fraction of sp³-hybridized carbons (Fsp3) is 0.800. The van der Waals surface area contributed by atoms with Crippen molar-refractivity contribution >= 4 is 17.8 Å². The van der Waals surface area contributed by atoms with Gasteiger partial charge in [-0.2, -0.15) is 0 Å². The molecule has 0 aliphatic carbocycles. The van der Waals surface area contributed by atoms with E-state index in [2.05, 4.69) is 0 Å². The van der Waals surface area contributed by atoms with Gasteiger partial charge in [0.1, 0.15) is 0 Å². The molecule has 0 aromatic carbocycles. The van der Waals surface area contributed by atoms with Crippen molar-refractivity contribution in [3.05, 3.63) is 0 Å². The van der Waals surface area contributed by atoms with E-state index >= 15 is 0 Å². The lowest BCUT2D eigenvalue weighted by Crippen LogP contribution is -2.52. The largest absolute Gasteiger partial charge is 0.481 e. The summed E-state index contributed by atoms with van der Waals surface area (Å²) in [6, 6.07) is 0. The number of carbonyl (C=O) groups excluding carboxylic acids is 2. The van der Waals surface area contributed by atoms with Gasteiger partial charge >= 0.3 is 5.97 Å². The quantitative estimate of drug-likeness (QED) is 0.764. The highest BCUT2D eigenvalue weighted by Gasteiger charge is 2.43. The molecule has 0 aromatic heterocycles. The van der Waals surface area contributed by atoms with Crippen molar-refractivity contribution in [3.8, 4) is 0 Å². The van der Waals surface area contributed by atoms with Crippen LogP contribution < -0.4 is 0 Å². The molecule has 1 N–H and O–H groups in total. The molecular formula is C15H24N2O5. The van der Waals surface area contributed by atoms with Crippen LogP contribution in [0.25, 0.3) is 0 Å². The summed E-state index contributed by atoms with van der Waals surface area (Å²) in [5, 5.41) is 9.58. The highest BCUT2D eigenvalue weighted by atomic mass is 16.5. The zero-order valence-electron chi connectivity index (χ0n) is 13.0. The number of methoxy groups -OCH3 is 1. The van der Waals surface area contributed by atoms with Gasteiger partial charge in [0.25, 0.3) is 0 Å². The number of aliphatic carboxylic acids is 1. The normalized spacial score (nSPS) is 25.6. The van der Waals surface area contributed by atoms with Crippen molar-refractivity contribution in [2.24, 2.45) is 5.41 Å². The lowest BCUT2D eigenvalue weighted by molar-refractivity contribution is -0.157. The highest BCUT2D eigenvalue weighted by Crippen LogP contribution is 2.34. The van der Waals surface area contributed by atoms with Crippen LogP contribution in [-0.4, -0.2) is 72.6 Å². The summed E-state index contributed by atoms with van der Waals surface area (Å²) >= 11 is 0. The van der Waals surface area contributed by atoms with Crippen molar-refractivity contribution in [2.45, 2.75) is 32.1 Å². The van der Waals surface area contributed by atoms with Crippen molar-refractivity contribution in [1.29, 1.82) is 0 Å². The summed E-state index contributed by atoms with van der Waals surface area (Å²) in [6.45, 7) is 1.80. The van der Waals surface area contributed by atoms with E-state index in [9.17, 15) is 19.5 Å². The van der Waals surface area contributed by atoms with Crippen LogP contribution in [0.15, 0.2) is 0 Å². The lowest BCUT2D eigenvalue weighted by Gasteiger charge is -2.40. The Morgan fingerprint density at radius 2 is 2.09 bits per heavy atom. The molecule has 2 fully saturated rings. The number of carboxylic acids is 1. The van der Waals surface area contributed by atoms with Crippen LogP contribution in [0, 0.1) is 5.41 Å². The SMILES string of the molecule is COCCC1(C(=O)O)CCCN(C(=O)CN2CCCC2=O)C1. The lowest BCUT2D eigenvalue weighted by atomic mass is 9.77. The average molecular weight is 312 g/mol. The summed E-state index contributed by atoms with van der Waals surface area (Å²) in [5.74, 6) is -1.02. The monoisotopic (exact) mass is 312 g/mol. The predicted molar refractivity (Wildman–Crippen MR) is 78.2 cm³/mol. The fourth-order valence-corrected chi connectivity index (χ4v) is 3.26. The Balaban J connectivity index is 2.00. The maximum Gasteiger partial charge on any atom is 0.311 e. The molecular weight excluding hydrogens is 288 g/mol. The molecule has 2 aliphatic rings. The number of hydrogen-bond donors (Lipinski definition) is 1. The molecule has 0 saturated carbocycles. The number of rotatable bonds is 6. The third kappa shape index (κ3) is 3.58. The molecule has 124 valence electrons. The van der Waals surface area contributed by atoms with Crippen molar-refractivity contribution in [1.82, 2.24) is 9.80 Å². The Morgan fingerprint density at radius 3 is 2.68 bits per heavy atom. The first-order chi connectivity index (χ1) is 10.5. The minimum absolute atomic E-state index is 0.00856. The molecule has 2 heterocycles. The Hall–Kier alpha value is -1.63. The topological polar surface area (TPSA) is 87.2 Å². The third-order valence-corrected chi connectivity index (χ3v) is 4.67. The zero-order chi connectivity index (χ0) is 16.2. The molecule has 1 atom stereocenters. The van der Waals surface area contributed by atoms with E-state index in [4.69, 9.17) is 4.74 Å². The van der Waals surface area contributed by atoms with Gasteiger partial charge in [0.2, 0.25) is 11.8 Å². The molecule has 7 heteroatoms.